The number of hydrogen-bond donors (Lipinski definition) is 1. The second-order valence-corrected chi connectivity index (χ2v) is 6.65. The fraction of sp³-hybridized carbons (Fsp3) is 0.692. The number of amides is 2. The number of hydrogen-bond acceptors (Lipinski definition) is 3. The third kappa shape index (κ3) is 4.37. The molecular formula is C13H22N2O2S. The van der Waals surface area contributed by atoms with Gasteiger partial charge in [-0.05, 0) is 5.41 Å². The lowest BCUT2D eigenvalue weighted by molar-refractivity contribution is -0.139. The van der Waals surface area contributed by atoms with Crippen molar-refractivity contribution in [2.75, 3.05) is 18.2 Å². The molecular weight excluding hydrogens is 248 g/mol. The maximum Gasteiger partial charge on any atom is 0.243 e. The van der Waals surface area contributed by atoms with Crippen molar-refractivity contribution in [3.63, 3.8) is 0 Å². The fourth-order valence-electron chi connectivity index (χ4n) is 1.75. The molecule has 1 N–H and O–H groups in total. The van der Waals surface area contributed by atoms with Crippen LogP contribution >= 0.6 is 11.8 Å². The fourth-order valence-corrected chi connectivity index (χ4v) is 2.93. The van der Waals surface area contributed by atoms with E-state index in [4.69, 9.17) is 0 Å². The van der Waals surface area contributed by atoms with Crippen molar-refractivity contribution in [2.45, 2.75) is 33.2 Å². The maximum atomic E-state index is 12.2. The largest absolute Gasteiger partial charge is 0.351 e. The molecule has 0 saturated carbocycles. The Bertz CT molecular complexity index is 336. The molecule has 0 aliphatic carbocycles. The summed E-state index contributed by atoms with van der Waals surface area (Å²) in [5.41, 5.74) is -0.0491. The Morgan fingerprint density at radius 1 is 1.50 bits per heavy atom. The normalized spacial score (nSPS) is 19.7. The van der Waals surface area contributed by atoms with Gasteiger partial charge in [0, 0.05) is 18.7 Å². The van der Waals surface area contributed by atoms with Gasteiger partial charge in [0.05, 0.1) is 5.88 Å². The van der Waals surface area contributed by atoms with Crippen molar-refractivity contribution in [3.8, 4) is 0 Å². The third-order valence-electron chi connectivity index (χ3n) is 2.61. The van der Waals surface area contributed by atoms with Gasteiger partial charge in [0.1, 0.15) is 6.04 Å². The van der Waals surface area contributed by atoms with E-state index in [2.05, 4.69) is 11.9 Å². The number of carbonyl (C=O) groups excluding carboxylic acids is 2. The van der Waals surface area contributed by atoms with Crippen LogP contribution in [0.5, 0.6) is 0 Å². The zero-order valence-electron chi connectivity index (χ0n) is 11.4. The summed E-state index contributed by atoms with van der Waals surface area (Å²) in [4.78, 5) is 25.8. The van der Waals surface area contributed by atoms with E-state index >= 15 is 0 Å². The molecule has 1 rings (SSSR count). The van der Waals surface area contributed by atoms with Crippen molar-refractivity contribution in [2.24, 2.45) is 5.41 Å². The van der Waals surface area contributed by atoms with Gasteiger partial charge in [-0.25, -0.2) is 0 Å². The summed E-state index contributed by atoms with van der Waals surface area (Å²) in [6.07, 6.45) is 2.11. The molecule has 102 valence electrons. The van der Waals surface area contributed by atoms with Crippen molar-refractivity contribution >= 4 is 23.6 Å². The summed E-state index contributed by atoms with van der Waals surface area (Å²) in [7, 11) is 0. The first-order chi connectivity index (χ1) is 8.35. The van der Waals surface area contributed by atoms with E-state index in [1.807, 2.05) is 20.8 Å². The molecule has 1 aliphatic heterocycles. The molecule has 1 heterocycles. The molecule has 5 heteroatoms. The topological polar surface area (TPSA) is 49.4 Å². The predicted molar refractivity (Wildman–Crippen MR) is 75.2 cm³/mol. The Morgan fingerprint density at radius 3 is 2.72 bits per heavy atom. The summed E-state index contributed by atoms with van der Waals surface area (Å²) in [5.74, 6) is 1.27. The lowest BCUT2D eigenvalue weighted by atomic mass is 9.91. The maximum absolute atomic E-state index is 12.2. The van der Waals surface area contributed by atoms with E-state index in [1.54, 1.807) is 22.7 Å². The van der Waals surface area contributed by atoms with E-state index in [0.29, 0.717) is 24.6 Å². The van der Waals surface area contributed by atoms with Crippen LogP contribution in [-0.4, -0.2) is 40.9 Å². The predicted octanol–water partition coefficient (Wildman–Crippen LogP) is 1.63. The van der Waals surface area contributed by atoms with Crippen LogP contribution in [0.4, 0.5) is 0 Å². The van der Waals surface area contributed by atoms with Crippen LogP contribution in [0.15, 0.2) is 12.7 Å². The first-order valence-corrected chi connectivity index (χ1v) is 7.26. The Hall–Kier alpha value is -0.970. The molecule has 2 amide bonds. The average Bonchev–Trinajstić information content (AvgIpc) is 2.72. The van der Waals surface area contributed by atoms with Crippen molar-refractivity contribution in [1.29, 1.82) is 0 Å². The first kappa shape index (κ1) is 15.1. The second-order valence-electron chi connectivity index (χ2n) is 5.65. The van der Waals surface area contributed by atoms with Crippen LogP contribution in [0.1, 0.15) is 27.2 Å². The van der Waals surface area contributed by atoms with Crippen LogP contribution in [0.25, 0.3) is 0 Å². The molecule has 0 aromatic rings. The van der Waals surface area contributed by atoms with Gasteiger partial charge in [-0.2, -0.15) is 0 Å². The van der Waals surface area contributed by atoms with Crippen molar-refractivity contribution < 1.29 is 9.59 Å². The van der Waals surface area contributed by atoms with Gasteiger partial charge >= 0.3 is 0 Å². The molecule has 1 atom stereocenters. The lowest BCUT2D eigenvalue weighted by Gasteiger charge is -2.26. The van der Waals surface area contributed by atoms with Crippen molar-refractivity contribution in [3.05, 3.63) is 12.7 Å². The van der Waals surface area contributed by atoms with E-state index < -0.39 is 0 Å². The Morgan fingerprint density at radius 2 is 2.17 bits per heavy atom. The molecule has 4 nitrogen and oxygen atoms in total. The molecule has 1 aliphatic rings. The SMILES string of the molecule is C=CCNC(=O)C1CSCN1C(=O)CC(C)(C)C. The minimum Gasteiger partial charge on any atom is -0.351 e. The highest BCUT2D eigenvalue weighted by Crippen LogP contribution is 2.26. The van der Waals surface area contributed by atoms with Crippen LogP contribution in [0, 0.1) is 5.41 Å². The highest BCUT2D eigenvalue weighted by Gasteiger charge is 2.35. The van der Waals surface area contributed by atoms with Gasteiger partial charge in [0.2, 0.25) is 11.8 Å². The average molecular weight is 270 g/mol. The van der Waals surface area contributed by atoms with Gasteiger partial charge in [0.15, 0.2) is 0 Å². The van der Waals surface area contributed by atoms with Crippen LogP contribution in [-0.2, 0) is 9.59 Å². The monoisotopic (exact) mass is 270 g/mol. The standard InChI is InChI=1S/C13H22N2O2S/c1-5-6-14-12(17)10-8-18-9-15(10)11(16)7-13(2,3)4/h5,10H,1,6-9H2,2-4H3,(H,14,17). The van der Waals surface area contributed by atoms with Crippen molar-refractivity contribution in [1.82, 2.24) is 10.2 Å². The molecule has 0 aromatic carbocycles. The number of thioether (sulfide) groups is 1. The van der Waals surface area contributed by atoms with Gasteiger partial charge in [-0.15, -0.1) is 18.3 Å². The quantitative estimate of drug-likeness (QED) is 0.790. The number of rotatable bonds is 4. The third-order valence-corrected chi connectivity index (χ3v) is 3.62. The van der Waals surface area contributed by atoms with Crippen LogP contribution in [0.2, 0.25) is 0 Å². The highest BCUT2D eigenvalue weighted by molar-refractivity contribution is 7.99. The minimum atomic E-state index is -0.329. The van der Waals surface area contributed by atoms with E-state index in [1.165, 1.54) is 0 Å². The summed E-state index contributed by atoms with van der Waals surface area (Å²) in [5, 5.41) is 2.76. The van der Waals surface area contributed by atoms with Crippen LogP contribution in [0.3, 0.4) is 0 Å². The number of nitrogens with zero attached hydrogens (tertiary/aromatic N) is 1. The molecule has 0 radical (unpaired) electrons. The molecule has 0 aromatic heterocycles. The lowest BCUT2D eigenvalue weighted by Crippen LogP contribution is -2.47. The summed E-state index contributed by atoms with van der Waals surface area (Å²) in [6, 6.07) is -0.329. The minimum absolute atomic E-state index is 0.0491. The van der Waals surface area contributed by atoms with Gasteiger partial charge < -0.3 is 10.2 Å². The Kier molecular flexibility index (Phi) is 5.26. The summed E-state index contributed by atoms with van der Waals surface area (Å²) >= 11 is 1.62. The highest BCUT2D eigenvalue weighted by atomic mass is 32.2. The molecule has 18 heavy (non-hydrogen) atoms. The number of nitrogens with one attached hydrogen (secondary N) is 1. The van der Waals surface area contributed by atoms with E-state index in [-0.39, 0.29) is 23.3 Å². The smallest absolute Gasteiger partial charge is 0.243 e. The summed E-state index contributed by atoms with van der Waals surface area (Å²) < 4.78 is 0. The molecule has 1 unspecified atom stereocenters. The van der Waals surface area contributed by atoms with Crippen LogP contribution < -0.4 is 5.32 Å². The van der Waals surface area contributed by atoms with E-state index in [9.17, 15) is 9.59 Å². The molecule has 0 bridgehead atoms. The zero-order chi connectivity index (χ0) is 13.8. The van der Waals surface area contributed by atoms with Gasteiger partial charge in [0.25, 0.3) is 0 Å². The van der Waals surface area contributed by atoms with Gasteiger partial charge in [-0.3, -0.25) is 9.59 Å². The van der Waals surface area contributed by atoms with Gasteiger partial charge in [-0.1, -0.05) is 26.8 Å². The summed E-state index contributed by atoms with van der Waals surface area (Å²) in [6.45, 7) is 10.1. The molecule has 1 saturated heterocycles. The second kappa shape index (κ2) is 6.27. The zero-order valence-corrected chi connectivity index (χ0v) is 12.2. The Balaban J connectivity index is 2.61. The first-order valence-electron chi connectivity index (χ1n) is 6.11. The Labute approximate surface area is 113 Å². The van der Waals surface area contributed by atoms with E-state index in [0.717, 1.165) is 0 Å². The number of carbonyl (C=O) groups is 2. The molecule has 1 fully saturated rings. The molecule has 0 spiro atoms.